The van der Waals surface area contributed by atoms with Crippen molar-refractivity contribution in [2.24, 2.45) is 0 Å². The second kappa shape index (κ2) is 10.3. The number of hydrogen-bond donors (Lipinski definition) is 1. The van der Waals surface area contributed by atoms with Crippen molar-refractivity contribution in [1.82, 2.24) is 24.5 Å². The second-order valence-electron chi connectivity index (χ2n) is 8.60. The topological polar surface area (TPSA) is 119 Å². The third-order valence-electron chi connectivity index (χ3n) is 5.75. The van der Waals surface area contributed by atoms with Crippen LogP contribution in [-0.4, -0.2) is 58.2 Å². The molecule has 0 saturated heterocycles. The minimum Gasteiger partial charge on any atom is -0.481 e. The predicted molar refractivity (Wildman–Crippen MR) is 138 cm³/mol. The maximum Gasteiger partial charge on any atom is 0.445 e. The van der Waals surface area contributed by atoms with Gasteiger partial charge in [-0.3, -0.25) is 9.52 Å². The van der Waals surface area contributed by atoms with Crippen molar-refractivity contribution in [2.75, 3.05) is 24.1 Å². The predicted octanol–water partition coefficient (Wildman–Crippen LogP) is 4.58. The fourth-order valence-electron chi connectivity index (χ4n) is 4.19. The van der Waals surface area contributed by atoms with Gasteiger partial charge in [-0.15, -0.1) is 5.10 Å². The fourth-order valence-corrected chi connectivity index (χ4v) is 5.84. The third-order valence-corrected chi connectivity index (χ3v) is 7.79. The largest absolute Gasteiger partial charge is 0.481 e. The van der Waals surface area contributed by atoms with Crippen molar-refractivity contribution in [1.29, 1.82) is 0 Å². The number of nitrogens with one attached hydrogen (secondary N) is 1. The first kappa shape index (κ1) is 28.3. The van der Waals surface area contributed by atoms with Crippen LogP contribution in [0, 0.1) is 5.82 Å². The Balaban J connectivity index is 1.48. The summed E-state index contributed by atoms with van der Waals surface area (Å²) in [6, 6.07) is 5.13. The van der Waals surface area contributed by atoms with E-state index in [1.807, 2.05) is 0 Å². The molecular weight excluding hydrogens is 623 g/mol. The molecule has 212 valence electrons. The highest BCUT2D eigenvalue weighted by Crippen LogP contribution is 2.40. The molecule has 4 aromatic rings. The molecule has 5 rings (SSSR count). The van der Waals surface area contributed by atoms with Gasteiger partial charge in [0.15, 0.2) is 17.5 Å². The molecule has 1 aliphatic rings. The quantitative estimate of drug-likeness (QED) is 0.243. The minimum atomic E-state index is -4.73. The Morgan fingerprint density at radius 2 is 1.98 bits per heavy atom. The molecule has 1 atom stereocenters. The van der Waals surface area contributed by atoms with Gasteiger partial charge in [0.25, 0.3) is 5.91 Å². The summed E-state index contributed by atoms with van der Waals surface area (Å²) in [5, 5.41) is 2.38. The van der Waals surface area contributed by atoms with E-state index in [9.17, 15) is 26.4 Å². The van der Waals surface area contributed by atoms with Crippen molar-refractivity contribution in [3.8, 4) is 5.75 Å². The van der Waals surface area contributed by atoms with Crippen LogP contribution in [0.3, 0.4) is 0 Å². The SMILES string of the molecule is CS(=O)(=O)Nc1ccc(OCC(=O)N2CCc3nc4sc(C(F)(F)F)nn4c3C2c2ccc(Cl)cc2F)c(Cl)n1. The summed E-state index contributed by atoms with van der Waals surface area (Å²) in [7, 11) is -3.61. The number of halogens is 6. The first-order chi connectivity index (χ1) is 18.7. The van der Waals surface area contributed by atoms with Gasteiger partial charge in [0.2, 0.25) is 20.0 Å². The highest BCUT2D eigenvalue weighted by atomic mass is 35.5. The number of amides is 1. The number of sulfonamides is 1. The number of carbonyl (C=O) groups excluding carboxylic acids is 1. The zero-order chi connectivity index (χ0) is 29.0. The lowest BCUT2D eigenvalue weighted by Gasteiger charge is -2.35. The van der Waals surface area contributed by atoms with Gasteiger partial charge in [0.05, 0.1) is 17.6 Å². The molecule has 1 amide bonds. The van der Waals surface area contributed by atoms with E-state index in [1.54, 1.807) is 0 Å². The van der Waals surface area contributed by atoms with E-state index in [0.29, 0.717) is 17.0 Å². The van der Waals surface area contributed by atoms with E-state index >= 15 is 4.39 Å². The molecule has 3 aromatic heterocycles. The number of aromatic nitrogens is 4. The number of imidazole rings is 1. The van der Waals surface area contributed by atoms with Crippen molar-refractivity contribution < 1.29 is 35.5 Å². The smallest absolute Gasteiger partial charge is 0.445 e. The molecule has 18 heteroatoms. The molecular formula is C22H16Cl2F4N6O4S2. The van der Waals surface area contributed by atoms with Gasteiger partial charge in [0.1, 0.15) is 17.7 Å². The summed E-state index contributed by atoms with van der Waals surface area (Å²) < 4.78 is 86.7. The van der Waals surface area contributed by atoms with Gasteiger partial charge >= 0.3 is 6.18 Å². The van der Waals surface area contributed by atoms with Crippen molar-refractivity contribution in [3.05, 3.63) is 68.3 Å². The summed E-state index contributed by atoms with van der Waals surface area (Å²) in [6.07, 6.45) is -3.63. The Kier molecular flexibility index (Phi) is 7.31. The number of carbonyl (C=O) groups is 1. The molecule has 1 N–H and O–H groups in total. The Morgan fingerprint density at radius 3 is 2.62 bits per heavy atom. The summed E-state index contributed by atoms with van der Waals surface area (Å²) in [5.41, 5.74) is 0.453. The summed E-state index contributed by atoms with van der Waals surface area (Å²) in [6.45, 7) is -0.559. The van der Waals surface area contributed by atoms with Crippen LogP contribution in [0.4, 0.5) is 23.4 Å². The zero-order valence-electron chi connectivity index (χ0n) is 20.0. The van der Waals surface area contributed by atoms with E-state index in [2.05, 4.69) is 19.8 Å². The molecule has 1 unspecified atom stereocenters. The van der Waals surface area contributed by atoms with Crippen LogP contribution in [0.15, 0.2) is 30.3 Å². The van der Waals surface area contributed by atoms with Crippen LogP contribution in [-0.2, 0) is 27.4 Å². The number of ether oxygens (including phenoxy) is 1. The Labute approximate surface area is 237 Å². The van der Waals surface area contributed by atoms with Crippen molar-refractivity contribution in [2.45, 2.75) is 18.6 Å². The number of anilines is 1. The summed E-state index contributed by atoms with van der Waals surface area (Å²) in [4.78, 5) is 22.7. The first-order valence-corrected chi connectivity index (χ1v) is 14.6. The molecule has 0 saturated carbocycles. The van der Waals surface area contributed by atoms with Gasteiger partial charge in [0, 0.05) is 23.6 Å². The lowest BCUT2D eigenvalue weighted by atomic mass is 9.95. The van der Waals surface area contributed by atoms with Gasteiger partial charge in [-0.1, -0.05) is 40.6 Å². The van der Waals surface area contributed by atoms with E-state index in [1.165, 1.54) is 29.2 Å². The highest BCUT2D eigenvalue weighted by Gasteiger charge is 2.41. The Hall–Kier alpha value is -3.21. The molecule has 0 spiro atoms. The lowest BCUT2D eigenvalue weighted by molar-refractivity contribution is -0.138. The third kappa shape index (κ3) is 5.66. The van der Waals surface area contributed by atoms with Gasteiger partial charge in [-0.25, -0.2) is 27.3 Å². The molecule has 0 fully saturated rings. The average Bonchev–Trinajstić information content (AvgIpc) is 3.40. The van der Waals surface area contributed by atoms with Crippen LogP contribution in [0.5, 0.6) is 5.75 Å². The number of hydrogen-bond acceptors (Lipinski definition) is 8. The number of nitrogens with zero attached hydrogens (tertiary/aromatic N) is 5. The summed E-state index contributed by atoms with van der Waals surface area (Å²) in [5.74, 6) is -1.55. The van der Waals surface area contributed by atoms with Crippen LogP contribution >= 0.6 is 34.5 Å². The van der Waals surface area contributed by atoms with Gasteiger partial charge in [-0.05, 0) is 24.3 Å². The van der Waals surface area contributed by atoms with E-state index in [-0.39, 0.29) is 50.9 Å². The number of rotatable bonds is 6. The van der Waals surface area contributed by atoms with Crippen molar-refractivity contribution in [3.63, 3.8) is 0 Å². The fraction of sp³-hybridized carbons (Fsp3) is 0.273. The minimum absolute atomic E-state index is 0.0297. The van der Waals surface area contributed by atoms with Gasteiger partial charge < -0.3 is 9.64 Å². The highest BCUT2D eigenvalue weighted by molar-refractivity contribution is 7.92. The maximum absolute atomic E-state index is 15.2. The number of fused-ring (bicyclic) bond motifs is 3. The second-order valence-corrected chi connectivity index (χ2v) is 12.1. The van der Waals surface area contributed by atoms with Gasteiger partial charge in [-0.2, -0.15) is 13.2 Å². The first-order valence-electron chi connectivity index (χ1n) is 11.2. The van der Waals surface area contributed by atoms with Crippen LogP contribution < -0.4 is 9.46 Å². The van der Waals surface area contributed by atoms with E-state index in [4.69, 9.17) is 27.9 Å². The molecule has 0 bridgehead atoms. The van der Waals surface area contributed by atoms with Crippen molar-refractivity contribution >= 4 is 61.2 Å². The molecule has 0 aliphatic carbocycles. The van der Waals surface area contributed by atoms with Crippen LogP contribution in [0.25, 0.3) is 4.96 Å². The van der Waals surface area contributed by atoms with E-state index < -0.39 is 45.6 Å². The number of pyridine rings is 1. The number of alkyl halides is 3. The number of benzene rings is 1. The monoisotopic (exact) mass is 638 g/mol. The molecule has 4 heterocycles. The molecule has 10 nitrogen and oxygen atoms in total. The molecule has 1 aromatic carbocycles. The Bertz CT molecular complexity index is 1740. The van der Waals surface area contributed by atoms with E-state index in [0.717, 1.165) is 16.8 Å². The molecule has 0 radical (unpaired) electrons. The molecule has 1 aliphatic heterocycles. The average molecular weight is 639 g/mol. The molecule has 40 heavy (non-hydrogen) atoms. The Morgan fingerprint density at radius 1 is 1.23 bits per heavy atom. The zero-order valence-corrected chi connectivity index (χ0v) is 23.2. The standard InChI is InChI=1S/C22H16Cl2F4N6O4S2/c1-40(36,37)32-15-5-4-14(19(24)30-15)38-9-16(35)33-7-6-13-18(17(33)11-3-2-10(23)8-12(11)25)34-21(29-13)39-20(31-34)22(26,27)28/h2-5,8,17H,6-7,9H2,1H3,(H,30,32). The summed E-state index contributed by atoms with van der Waals surface area (Å²) >= 11 is 12.3. The van der Waals surface area contributed by atoms with Crippen LogP contribution in [0.2, 0.25) is 10.2 Å². The lowest BCUT2D eigenvalue weighted by Crippen LogP contribution is -2.43. The normalized spacial score (nSPS) is 15.8. The maximum atomic E-state index is 15.2. The van der Waals surface area contributed by atoms with Crippen LogP contribution in [0.1, 0.15) is 28.0 Å².